The highest BCUT2D eigenvalue weighted by Crippen LogP contribution is 2.29. The number of nitrogens with zero attached hydrogens (tertiary/aromatic N) is 3. The van der Waals surface area contributed by atoms with Crippen molar-refractivity contribution in [2.45, 2.75) is 27.4 Å². The van der Waals surface area contributed by atoms with E-state index in [1.54, 1.807) is 45.0 Å². The average molecular weight is 477 g/mol. The lowest BCUT2D eigenvalue weighted by atomic mass is 10.2. The molecule has 0 aliphatic heterocycles. The number of ether oxygens (including phenoxy) is 2. The smallest absolute Gasteiger partial charge is 0.342 e. The molecule has 1 aromatic carbocycles. The molecule has 0 spiro atoms. The van der Waals surface area contributed by atoms with Crippen LogP contribution in [0.25, 0.3) is 11.1 Å². The summed E-state index contributed by atoms with van der Waals surface area (Å²) in [5.41, 5.74) is 7.23. The van der Waals surface area contributed by atoms with Gasteiger partial charge in [-0.1, -0.05) is 18.2 Å². The van der Waals surface area contributed by atoms with E-state index in [4.69, 9.17) is 19.6 Å². The number of aromatic nitrogens is 2. The van der Waals surface area contributed by atoms with Crippen LogP contribution in [0, 0.1) is 13.8 Å². The van der Waals surface area contributed by atoms with Gasteiger partial charge in [0.05, 0.1) is 23.9 Å². The van der Waals surface area contributed by atoms with Gasteiger partial charge in [0.15, 0.2) is 12.4 Å². The number of hydrogen-bond acceptors (Lipinski definition) is 10. The zero-order valence-corrected chi connectivity index (χ0v) is 19.4. The molecular weight excluding hydrogens is 452 g/mol. The van der Waals surface area contributed by atoms with Crippen LogP contribution in [-0.4, -0.2) is 49.7 Å². The lowest BCUT2D eigenvalue weighted by Gasteiger charge is -2.23. The molecule has 3 rings (SSSR count). The number of nitrogens with two attached hydrogens (primary N) is 1. The number of benzene rings is 1. The van der Waals surface area contributed by atoms with E-state index in [9.17, 15) is 18.0 Å². The summed E-state index contributed by atoms with van der Waals surface area (Å²) in [5, 5.41) is 0.212. The molecule has 3 aromatic rings. The molecule has 2 heterocycles. The van der Waals surface area contributed by atoms with Gasteiger partial charge in [0.25, 0.3) is 0 Å². The topological polar surface area (TPSA) is 155 Å². The van der Waals surface area contributed by atoms with E-state index in [-0.39, 0.29) is 47.3 Å². The Morgan fingerprint density at radius 1 is 1.15 bits per heavy atom. The number of esters is 2. The molecule has 2 aromatic heterocycles. The van der Waals surface area contributed by atoms with Crippen LogP contribution in [0.15, 0.2) is 28.7 Å². The Kier molecular flexibility index (Phi) is 6.86. The zero-order chi connectivity index (χ0) is 24.3. The number of carbonyl (C=O) groups excluding carboxylic acids is 2. The summed E-state index contributed by atoms with van der Waals surface area (Å²) in [6.45, 7) is 4.24. The summed E-state index contributed by atoms with van der Waals surface area (Å²) in [5.74, 6) is -1.17. The van der Waals surface area contributed by atoms with Crippen LogP contribution in [-0.2, 0) is 30.9 Å². The van der Waals surface area contributed by atoms with Gasteiger partial charge in [0.2, 0.25) is 15.7 Å². The van der Waals surface area contributed by atoms with Gasteiger partial charge in [0, 0.05) is 0 Å². The molecule has 0 unspecified atom stereocenters. The van der Waals surface area contributed by atoms with Crippen LogP contribution in [0.5, 0.6) is 0 Å². The SMILES string of the molecule is CCOC(=O)c1c(C)oc2nc(COC(=O)CN(c3ccccc3C)S(C)(=O)=O)nc(N)c12. The number of aryl methyl sites for hydroxylation is 2. The minimum absolute atomic E-state index is 0.0271. The second kappa shape index (κ2) is 9.45. The van der Waals surface area contributed by atoms with Gasteiger partial charge in [-0.15, -0.1) is 0 Å². The van der Waals surface area contributed by atoms with E-state index >= 15 is 0 Å². The predicted molar refractivity (Wildman–Crippen MR) is 120 cm³/mol. The maximum Gasteiger partial charge on any atom is 0.342 e. The Morgan fingerprint density at radius 2 is 1.85 bits per heavy atom. The second-order valence-electron chi connectivity index (χ2n) is 7.18. The van der Waals surface area contributed by atoms with E-state index in [1.807, 2.05) is 0 Å². The lowest BCUT2D eigenvalue weighted by Crippen LogP contribution is -2.36. The molecule has 2 N–H and O–H groups in total. The number of furan rings is 1. The van der Waals surface area contributed by atoms with Crippen LogP contribution in [0.3, 0.4) is 0 Å². The Hall–Kier alpha value is -3.67. The lowest BCUT2D eigenvalue weighted by molar-refractivity contribution is -0.143. The van der Waals surface area contributed by atoms with Gasteiger partial charge in [-0.25, -0.2) is 18.2 Å². The number of fused-ring (bicyclic) bond motifs is 1. The number of hydrogen-bond donors (Lipinski definition) is 1. The van der Waals surface area contributed by atoms with Crippen molar-refractivity contribution in [1.29, 1.82) is 0 Å². The second-order valence-corrected chi connectivity index (χ2v) is 9.08. The number of carbonyl (C=O) groups is 2. The van der Waals surface area contributed by atoms with Crippen LogP contribution in [0.4, 0.5) is 11.5 Å². The summed E-state index contributed by atoms with van der Waals surface area (Å²) in [7, 11) is -3.75. The molecule has 0 saturated carbocycles. The first-order valence-corrected chi connectivity index (χ1v) is 11.8. The molecular formula is C21H24N4O7S. The van der Waals surface area contributed by atoms with E-state index in [0.29, 0.717) is 11.3 Å². The fraction of sp³-hybridized carbons (Fsp3) is 0.333. The fourth-order valence-electron chi connectivity index (χ4n) is 3.23. The average Bonchev–Trinajstić information content (AvgIpc) is 3.07. The monoisotopic (exact) mass is 476 g/mol. The Morgan fingerprint density at radius 3 is 2.48 bits per heavy atom. The first-order valence-electron chi connectivity index (χ1n) is 9.94. The van der Waals surface area contributed by atoms with Crippen LogP contribution in [0.1, 0.15) is 34.4 Å². The number of sulfonamides is 1. The summed E-state index contributed by atoms with van der Waals surface area (Å²) >= 11 is 0. The highest BCUT2D eigenvalue weighted by atomic mass is 32.2. The maximum atomic E-state index is 12.4. The maximum absolute atomic E-state index is 12.4. The quantitative estimate of drug-likeness (QED) is 0.478. The van der Waals surface area contributed by atoms with Crippen molar-refractivity contribution in [3.8, 4) is 0 Å². The first kappa shape index (κ1) is 24.0. The number of para-hydroxylation sites is 1. The van der Waals surface area contributed by atoms with Crippen molar-refractivity contribution >= 4 is 44.6 Å². The van der Waals surface area contributed by atoms with E-state index in [0.717, 1.165) is 10.6 Å². The van der Waals surface area contributed by atoms with Crippen molar-refractivity contribution in [3.63, 3.8) is 0 Å². The summed E-state index contributed by atoms with van der Waals surface area (Å²) in [6, 6.07) is 6.77. The standard InChI is InChI=1S/C21H24N4O7S/c1-5-30-21(27)17-13(3)32-20-18(17)19(22)23-15(24-20)11-31-16(26)10-25(33(4,28)29)14-9-7-6-8-12(14)2/h6-9H,5,10-11H2,1-4H3,(H2,22,23,24). The predicted octanol–water partition coefficient (Wildman–Crippen LogP) is 2.11. The van der Waals surface area contributed by atoms with Gasteiger partial charge in [-0.05, 0) is 32.4 Å². The Bertz CT molecular complexity index is 1320. The van der Waals surface area contributed by atoms with E-state index < -0.39 is 28.5 Å². The highest BCUT2D eigenvalue weighted by molar-refractivity contribution is 7.92. The molecule has 11 nitrogen and oxygen atoms in total. The summed E-state index contributed by atoms with van der Waals surface area (Å²) in [6.07, 6.45) is 1.00. The Labute approximate surface area is 190 Å². The van der Waals surface area contributed by atoms with Gasteiger partial charge in [-0.2, -0.15) is 4.98 Å². The molecule has 0 aliphatic carbocycles. The normalized spacial score (nSPS) is 11.4. The fourth-order valence-corrected chi connectivity index (χ4v) is 4.13. The molecule has 0 aliphatic rings. The molecule has 0 bridgehead atoms. The molecule has 0 saturated heterocycles. The van der Waals surface area contributed by atoms with Crippen molar-refractivity contribution in [3.05, 3.63) is 47.0 Å². The van der Waals surface area contributed by atoms with Crippen molar-refractivity contribution in [2.75, 3.05) is 29.4 Å². The molecule has 0 atom stereocenters. The van der Waals surface area contributed by atoms with Gasteiger partial charge >= 0.3 is 11.9 Å². The van der Waals surface area contributed by atoms with Crippen LogP contribution in [0.2, 0.25) is 0 Å². The van der Waals surface area contributed by atoms with Crippen LogP contribution < -0.4 is 10.0 Å². The Balaban J connectivity index is 1.79. The number of nitrogen functional groups attached to an aromatic ring is 1. The van der Waals surface area contributed by atoms with Crippen molar-refractivity contribution in [2.24, 2.45) is 0 Å². The summed E-state index contributed by atoms with van der Waals surface area (Å²) in [4.78, 5) is 32.9. The van der Waals surface area contributed by atoms with E-state index in [1.165, 1.54) is 0 Å². The molecule has 33 heavy (non-hydrogen) atoms. The third kappa shape index (κ3) is 5.22. The third-order valence-corrected chi connectivity index (χ3v) is 5.83. The van der Waals surface area contributed by atoms with E-state index in [2.05, 4.69) is 9.97 Å². The largest absolute Gasteiger partial charge is 0.462 e. The van der Waals surface area contributed by atoms with Crippen molar-refractivity contribution in [1.82, 2.24) is 9.97 Å². The molecule has 0 amide bonds. The molecule has 12 heteroatoms. The van der Waals surface area contributed by atoms with Crippen molar-refractivity contribution < 1.29 is 31.9 Å². The zero-order valence-electron chi connectivity index (χ0n) is 18.6. The highest BCUT2D eigenvalue weighted by Gasteiger charge is 2.25. The van der Waals surface area contributed by atoms with Gasteiger partial charge < -0.3 is 19.6 Å². The molecule has 176 valence electrons. The van der Waals surface area contributed by atoms with Gasteiger partial charge in [-0.3, -0.25) is 9.10 Å². The molecule has 0 radical (unpaired) electrons. The minimum atomic E-state index is -3.75. The number of rotatable bonds is 8. The minimum Gasteiger partial charge on any atom is -0.462 e. The van der Waals surface area contributed by atoms with Gasteiger partial charge in [0.1, 0.15) is 23.7 Å². The molecule has 0 fully saturated rings. The third-order valence-electron chi connectivity index (χ3n) is 4.70. The first-order chi connectivity index (χ1) is 15.5. The summed E-state index contributed by atoms with van der Waals surface area (Å²) < 4.78 is 41.2. The van der Waals surface area contributed by atoms with Crippen LogP contribution >= 0.6 is 0 Å². The number of anilines is 2.